The fourth-order valence-electron chi connectivity index (χ4n) is 1.31. The fourth-order valence-corrected chi connectivity index (χ4v) is 1.31. The molecule has 1 unspecified atom stereocenters. The van der Waals surface area contributed by atoms with Crippen molar-refractivity contribution in [2.24, 2.45) is 0 Å². The van der Waals surface area contributed by atoms with Gasteiger partial charge in [0.1, 0.15) is 0 Å². The van der Waals surface area contributed by atoms with E-state index in [2.05, 4.69) is 10.6 Å². The maximum Gasteiger partial charge on any atom is 0.305 e. The minimum Gasteiger partial charge on any atom is -0.466 e. The van der Waals surface area contributed by atoms with Crippen molar-refractivity contribution in [2.45, 2.75) is 32.7 Å². The summed E-state index contributed by atoms with van der Waals surface area (Å²) in [5, 5.41) is 5.78. The molecule has 0 heterocycles. The largest absolute Gasteiger partial charge is 0.466 e. The van der Waals surface area contributed by atoms with Gasteiger partial charge >= 0.3 is 5.97 Å². The lowest BCUT2D eigenvalue weighted by Gasteiger charge is -2.13. The van der Waals surface area contributed by atoms with Crippen molar-refractivity contribution in [3.63, 3.8) is 0 Å². The number of methoxy groups -OCH3 is 1. The normalized spacial score (nSPS) is 11.9. The molecule has 0 aromatic rings. The Kier molecular flexibility index (Phi) is 10.3. The summed E-state index contributed by atoms with van der Waals surface area (Å²) in [6.45, 7) is 5.59. The van der Waals surface area contributed by atoms with Crippen LogP contribution in [0, 0.1) is 0 Å². The van der Waals surface area contributed by atoms with Gasteiger partial charge in [0.25, 0.3) is 0 Å². The average Bonchev–Trinajstić information content (AvgIpc) is 2.35. The van der Waals surface area contributed by atoms with Crippen LogP contribution in [-0.4, -0.2) is 51.3 Å². The zero-order valence-corrected chi connectivity index (χ0v) is 11.5. The van der Waals surface area contributed by atoms with Crippen molar-refractivity contribution in [3.8, 4) is 0 Å². The van der Waals surface area contributed by atoms with E-state index in [4.69, 9.17) is 9.47 Å². The monoisotopic (exact) mass is 260 g/mol. The van der Waals surface area contributed by atoms with Crippen LogP contribution < -0.4 is 10.6 Å². The minimum absolute atomic E-state index is 0.0665. The van der Waals surface area contributed by atoms with E-state index in [1.165, 1.54) is 0 Å². The highest BCUT2D eigenvalue weighted by molar-refractivity contribution is 5.81. The van der Waals surface area contributed by atoms with E-state index < -0.39 is 0 Å². The second-order valence-electron chi connectivity index (χ2n) is 3.87. The first kappa shape index (κ1) is 16.9. The lowest BCUT2D eigenvalue weighted by Crippen LogP contribution is -2.43. The van der Waals surface area contributed by atoms with Gasteiger partial charge in [0.2, 0.25) is 5.91 Å². The molecule has 1 amide bonds. The van der Waals surface area contributed by atoms with Gasteiger partial charge in [-0.3, -0.25) is 9.59 Å². The zero-order chi connectivity index (χ0) is 13.8. The van der Waals surface area contributed by atoms with E-state index in [0.29, 0.717) is 39.1 Å². The predicted octanol–water partition coefficient (Wildman–Crippen LogP) is 0.0704. The SMILES string of the molecule is CCOC(=O)CCCNC(C)C(=O)NCCOC. The van der Waals surface area contributed by atoms with Gasteiger partial charge in [0, 0.05) is 20.1 Å². The third kappa shape index (κ3) is 8.95. The molecule has 0 aliphatic rings. The minimum atomic E-state index is -0.274. The Morgan fingerprint density at radius 3 is 2.61 bits per heavy atom. The highest BCUT2D eigenvalue weighted by Gasteiger charge is 2.11. The van der Waals surface area contributed by atoms with Gasteiger partial charge in [0.05, 0.1) is 19.3 Å². The first-order chi connectivity index (χ1) is 8.61. The third-order valence-corrected chi connectivity index (χ3v) is 2.31. The summed E-state index contributed by atoms with van der Waals surface area (Å²) in [5.41, 5.74) is 0. The topological polar surface area (TPSA) is 76.7 Å². The Bertz CT molecular complexity index is 246. The number of esters is 1. The van der Waals surface area contributed by atoms with Crippen LogP contribution in [0.4, 0.5) is 0 Å². The Balaban J connectivity index is 3.54. The maximum atomic E-state index is 11.5. The molecule has 1 atom stereocenters. The number of ether oxygens (including phenoxy) is 2. The molecule has 0 aliphatic carbocycles. The summed E-state index contributed by atoms with van der Waals surface area (Å²) in [4.78, 5) is 22.6. The molecule has 0 radical (unpaired) electrons. The Morgan fingerprint density at radius 2 is 2.00 bits per heavy atom. The fraction of sp³-hybridized carbons (Fsp3) is 0.833. The molecule has 0 saturated heterocycles. The summed E-state index contributed by atoms with van der Waals surface area (Å²) in [7, 11) is 1.59. The van der Waals surface area contributed by atoms with Gasteiger partial charge in [-0.1, -0.05) is 0 Å². The van der Waals surface area contributed by atoms with Crippen molar-refractivity contribution in [2.75, 3.05) is 33.4 Å². The molecule has 0 aliphatic heterocycles. The van der Waals surface area contributed by atoms with Crippen LogP contribution in [0.15, 0.2) is 0 Å². The van der Waals surface area contributed by atoms with Crippen molar-refractivity contribution >= 4 is 11.9 Å². The van der Waals surface area contributed by atoms with E-state index in [1.54, 1.807) is 21.0 Å². The number of nitrogens with one attached hydrogen (secondary N) is 2. The van der Waals surface area contributed by atoms with Gasteiger partial charge in [-0.05, 0) is 26.8 Å². The van der Waals surface area contributed by atoms with Gasteiger partial charge in [0.15, 0.2) is 0 Å². The molecule has 0 saturated carbocycles. The summed E-state index contributed by atoms with van der Waals surface area (Å²) in [5.74, 6) is -0.264. The summed E-state index contributed by atoms with van der Waals surface area (Å²) < 4.78 is 9.64. The standard InChI is InChI=1S/C12H24N2O4/c1-4-18-11(15)6-5-7-13-10(2)12(16)14-8-9-17-3/h10,13H,4-9H2,1-3H3,(H,14,16). The molecule has 6 heteroatoms. The maximum absolute atomic E-state index is 11.5. The van der Waals surface area contributed by atoms with Crippen LogP contribution in [0.1, 0.15) is 26.7 Å². The Labute approximate surface area is 108 Å². The molecule has 6 nitrogen and oxygen atoms in total. The van der Waals surface area contributed by atoms with E-state index in [9.17, 15) is 9.59 Å². The highest BCUT2D eigenvalue weighted by atomic mass is 16.5. The van der Waals surface area contributed by atoms with Gasteiger partial charge < -0.3 is 20.1 Å². The number of carbonyl (C=O) groups is 2. The van der Waals surface area contributed by atoms with Gasteiger partial charge in [-0.15, -0.1) is 0 Å². The molecule has 106 valence electrons. The average molecular weight is 260 g/mol. The van der Waals surface area contributed by atoms with Crippen LogP contribution in [-0.2, 0) is 19.1 Å². The molecule has 2 N–H and O–H groups in total. The summed E-state index contributed by atoms with van der Waals surface area (Å²) >= 11 is 0. The quantitative estimate of drug-likeness (QED) is 0.429. The first-order valence-corrected chi connectivity index (χ1v) is 6.27. The van der Waals surface area contributed by atoms with Crippen molar-refractivity contribution < 1.29 is 19.1 Å². The van der Waals surface area contributed by atoms with E-state index in [1.807, 2.05) is 0 Å². The summed E-state index contributed by atoms with van der Waals surface area (Å²) in [6.07, 6.45) is 1.04. The van der Waals surface area contributed by atoms with Gasteiger partial charge in [-0.2, -0.15) is 0 Å². The smallest absolute Gasteiger partial charge is 0.305 e. The predicted molar refractivity (Wildman–Crippen MR) is 68.2 cm³/mol. The number of hydrogen-bond donors (Lipinski definition) is 2. The third-order valence-electron chi connectivity index (χ3n) is 2.31. The molecule has 0 spiro atoms. The highest BCUT2D eigenvalue weighted by Crippen LogP contribution is 1.92. The van der Waals surface area contributed by atoms with Gasteiger partial charge in [-0.25, -0.2) is 0 Å². The Morgan fingerprint density at radius 1 is 1.28 bits per heavy atom. The number of carbonyl (C=O) groups excluding carboxylic acids is 2. The van der Waals surface area contributed by atoms with Crippen LogP contribution in [0.2, 0.25) is 0 Å². The first-order valence-electron chi connectivity index (χ1n) is 6.27. The lowest BCUT2D eigenvalue weighted by atomic mass is 10.2. The van der Waals surface area contributed by atoms with Crippen LogP contribution in [0.25, 0.3) is 0 Å². The van der Waals surface area contributed by atoms with Crippen molar-refractivity contribution in [3.05, 3.63) is 0 Å². The molecule has 18 heavy (non-hydrogen) atoms. The van der Waals surface area contributed by atoms with Crippen LogP contribution in [0.5, 0.6) is 0 Å². The zero-order valence-electron chi connectivity index (χ0n) is 11.5. The van der Waals surface area contributed by atoms with E-state index >= 15 is 0 Å². The van der Waals surface area contributed by atoms with Crippen LogP contribution in [0.3, 0.4) is 0 Å². The summed E-state index contributed by atoms with van der Waals surface area (Å²) in [6, 6.07) is -0.274. The van der Waals surface area contributed by atoms with E-state index in [0.717, 1.165) is 0 Å². The van der Waals surface area contributed by atoms with E-state index in [-0.39, 0.29) is 17.9 Å². The number of amides is 1. The second kappa shape index (κ2) is 11.0. The Hall–Kier alpha value is -1.14. The molecule has 0 rings (SSSR count). The molecule has 0 aromatic heterocycles. The molecule has 0 fully saturated rings. The second-order valence-corrected chi connectivity index (χ2v) is 3.87. The van der Waals surface area contributed by atoms with Crippen molar-refractivity contribution in [1.82, 2.24) is 10.6 Å². The van der Waals surface area contributed by atoms with Crippen molar-refractivity contribution in [1.29, 1.82) is 0 Å². The molecule has 0 aromatic carbocycles. The molecule has 0 bridgehead atoms. The molecular formula is C12H24N2O4. The molecular weight excluding hydrogens is 236 g/mol. The van der Waals surface area contributed by atoms with Crippen LogP contribution >= 0.6 is 0 Å². The number of rotatable bonds is 10. The number of hydrogen-bond acceptors (Lipinski definition) is 5. The lowest BCUT2D eigenvalue weighted by molar-refractivity contribution is -0.143.